The van der Waals surface area contributed by atoms with Crippen LogP contribution in [0, 0.1) is 6.92 Å². The third-order valence-electron chi connectivity index (χ3n) is 3.01. The number of fused-ring (bicyclic) bond motifs is 1. The van der Waals surface area contributed by atoms with Gasteiger partial charge in [0.25, 0.3) is 0 Å². The molecule has 3 nitrogen and oxygen atoms in total. The molecule has 0 amide bonds. The Morgan fingerprint density at radius 3 is 2.74 bits per heavy atom. The Morgan fingerprint density at radius 1 is 1.21 bits per heavy atom. The summed E-state index contributed by atoms with van der Waals surface area (Å²) < 4.78 is 2.94. The summed E-state index contributed by atoms with van der Waals surface area (Å²) in [6.45, 7) is 1.97. The third-order valence-corrected chi connectivity index (χ3v) is 4.22. The first kappa shape index (κ1) is 12.5. The molecule has 0 bridgehead atoms. The first-order valence-electron chi connectivity index (χ1n) is 5.76. The number of aromatic nitrogens is 2. The van der Waals surface area contributed by atoms with E-state index < -0.39 is 0 Å². The molecule has 0 saturated carbocycles. The molecule has 0 saturated heterocycles. The van der Waals surface area contributed by atoms with Crippen molar-refractivity contribution in [3.8, 4) is 5.69 Å². The Morgan fingerprint density at radius 2 is 2.00 bits per heavy atom. The number of imidazole rings is 1. The van der Waals surface area contributed by atoms with Gasteiger partial charge in [-0.05, 0) is 59.3 Å². The second kappa shape index (κ2) is 4.54. The second-order valence-corrected chi connectivity index (χ2v) is 5.60. The Balaban J connectivity index is 2.29. The lowest BCUT2D eigenvalue weighted by Gasteiger charge is -2.08. The van der Waals surface area contributed by atoms with Crippen molar-refractivity contribution in [1.29, 1.82) is 0 Å². The van der Waals surface area contributed by atoms with Gasteiger partial charge in [0.2, 0.25) is 0 Å². The maximum absolute atomic E-state index is 6.03. The molecule has 0 aliphatic carbocycles. The zero-order valence-electron chi connectivity index (χ0n) is 10.2. The van der Waals surface area contributed by atoms with Crippen molar-refractivity contribution in [3.05, 3.63) is 51.7 Å². The van der Waals surface area contributed by atoms with Crippen molar-refractivity contribution >= 4 is 44.3 Å². The van der Waals surface area contributed by atoms with Gasteiger partial charge in [-0.1, -0.05) is 11.6 Å². The summed E-state index contributed by atoms with van der Waals surface area (Å²) in [5, 5.41) is 0.690. The van der Waals surface area contributed by atoms with Crippen LogP contribution < -0.4 is 5.73 Å². The highest BCUT2D eigenvalue weighted by atomic mass is 79.9. The smallest absolute Gasteiger partial charge is 0.111 e. The van der Waals surface area contributed by atoms with E-state index in [1.807, 2.05) is 43.3 Å². The highest BCUT2D eigenvalue weighted by molar-refractivity contribution is 9.10. The number of benzene rings is 2. The second-order valence-electron chi connectivity index (χ2n) is 4.34. The van der Waals surface area contributed by atoms with Gasteiger partial charge in [-0.25, -0.2) is 4.98 Å². The molecule has 1 heterocycles. The largest absolute Gasteiger partial charge is 0.399 e. The first-order valence-corrected chi connectivity index (χ1v) is 6.93. The monoisotopic (exact) mass is 335 g/mol. The number of anilines is 1. The summed E-state index contributed by atoms with van der Waals surface area (Å²) in [6.07, 6.45) is 0. The molecule has 3 rings (SSSR count). The number of hydrogen-bond donors (Lipinski definition) is 1. The summed E-state index contributed by atoms with van der Waals surface area (Å²) in [7, 11) is 0. The van der Waals surface area contributed by atoms with Crippen molar-refractivity contribution < 1.29 is 0 Å². The van der Waals surface area contributed by atoms with Gasteiger partial charge in [-0.2, -0.15) is 0 Å². The van der Waals surface area contributed by atoms with Crippen LogP contribution in [0.15, 0.2) is 40.9 Å². The van der Waals surface area contributed by atoms with E-state index >= 15 is 0 Å². The number of halogens is 2. The molecule has 2 aromatic carbocycles. The highest BCUT2D eigenvalue weighted by Crippen LogP contribution is 2.28. The lowest BCUT2D eigenvalue weighted by atomic mass is 10.2. The van der Waals surface area contributed by atoms with E-state index in [-0.39, 0.29) is 0 Å². The van der Waals surface area contributed by atoms with Crippen LogP contribution in [0.5, 0.6) is 0 Å². The first-order chi connectivity index (χ1) is 9.06. The molecule has 0 fully saturated rings. The number of nitrogens with zero attached hydrogens (tertiary/aromatic N) is 2. The average Bonchev–Trinajstić information content (AvgIpc) is 2.68. The molecule has 0 radical (unpaired) electrons. The molecular formula is C14H11BrClN3. The third kappa shape index (κ3) is 2.11. The number of hydrogen-bond acceptors (Lipinski definition) is 2. The topological polar surface area (TPSA) is 43.8 Å². The predicted molar refractivity (Wildman–Crippen MR) is 82.9 cm³/mol. The van der Waals surface area contributed by atoms with Gasteiger partial charge < -0.3 is 5.73 Å². The van der Waals surface area contributed by atoms with Gasteiger partial charge in [0.05, 0.1) is 16.1 Å². The van der Waals surface area contributed by atoms with Crippen molar-refractivity contribution in [2.24, 2.45) is 0 Å². The van der Waals surface area contributed by atoms with Crippen LogP contribution in [0.25, 0.3) is 16.7 Å². The predicted octanol–water partition coefficient (Wildman–Crippen LogP) is 4.33. The van der Waals surface area contributed by atoms with E-state index in [1.54, 1.807) is 0 Å². The fourth-order valence-electron chi connectivity index (χ4n) is 2.17. The maximum Gasteiger partial charge on any atom is 0.111 e. The number of nitrogens with two attached hydrogens (primary N) is 1. The highest BCUT2D eigenvalue weighted by Gasteiger charge is 2.10. The van der Waals surface area contributed by atoms with Gasteiger partial charge in [0, 0.05) is 15.8 Å². The molecule has 0 atom stereocenters. The van der Waals surface area contributed by atoms with E-state index in [9.17, 15) is 0 Å². The quantitative estimate of drug-likeness (QED) is 0.672. The Labute approximate surface area is 124 Å². The van der Waals surface area contributed by atoms with Gasteiger partial charge in [-0.3, -0.25) is 4.57 Å². The fraction of sp³-hybridized carbons (Fsp3) is 0.0714. The van der Waals surface area contributed by atoms with Crippen molar-refractivity contribution in [3.63, 3.8) is 0 Å². The molecule has 19 heavy (non-hydrogen) atoms. The lowest BCUT2D eigenvalue weighted by molar-refractivity contribution is 1.000. The van der Waals surface area contributed by atoms with E-state index in [0.717, 1.165) is 32.7 Å². The number of nitrogen functional groups attached to an aromatic ring is 1. The van der Waals surface area contributed by atoms with Crippen LogP contribution in [0.2, 0.25) is 5.02 Å². The number of aryl methyl sites for hydroxylation is 1. The molecule has 2 N–H and O–H groups in total. The zero-order valence-corrected chi connectivity index (χ0v) is 12.5. The Kier molecular flexibility index (Phi) is 2.99. The molecule has 0 unspecified atom stereocenters. The summed E-state index contributed by atoms with van der Waals surface area (Å²) in [5.41, 5.74) is 9.44. The van der Waals surface area contributed by atoms with Crippen LogP contribution >= 0.6 is 27.5 Å². The molecule has 0 spiro atoms. The molecule has 0 aliphatic rings. The minimum atomic E-state index is 0.690. The minimum Gasteiger partial charge on any atom is -0.399 e. The summed E-state index contributed by atoms with van der Waals surface area (Å²) >= 11 is 9.48. The maximum atomic E-state index is 6.03. The summed E-state index contributed by atoms with van der Waals surface area (Å²) in [5.74, 6) is 0.912. The van der Waals surface area contributed by atoms with Crippen molar-refractivity contribution in [2.45, 2.75) is 6.92 Å². The van der Waals surface area contributed by atoms with Crippen LogP contribution in [0.3, 0.4) is 0 Å². The SMILES string of the molecule is Cc1nc2cc(N)ccc2n1-c1ccc(Cl)c(Br)c1. The molecule has 3 aromatic rings. The van der Waals surface area contributed by atoms with Crippen LogP contribution in [-0.2, 0) is 0 Å². The van der Waals surface area contributed by atoms with Gasteiger partial charge >= 0.3 is 0 Å². The molecule has 96 valence electrons. The van der Waals surface area contributed by atoms with E-state index in [1.165, 1.54) is 0 Å². The van der Waals surface area contributed by atoms with E-state index in [2.05, 4.69) is 25.5 Å². The van der Waals surface area contributed by atoms with E-state index in [0.29, 0.717) is 5.02 Å². The Bertz CT molecular complexity index is 780. The van der Waals surface area contributed by atoms with Crippen molar-refractivity contribution in [1.82, 2.24) is 9.55 Å². The molecular weight excluding hydrogens is 326 g/mol. The minimum absolute atomic E-state index is 0.690. The normalized spacial score (nSPS) is 11.1. The summed E-state index contributed by atoms with van der Waals surface area (Å²) in [4.78, 5) is 4.54. The van der Waals surface area contributed by atoms with E-state index in [4.69, 9.17) is 17.3 Å². The molecule has 5 heteroatoms. The van der Waals surface area contributed by atoms with Crippen LogP contribution in [0.1, 0.15) is 5.82 Å². The van der Waals surface area contributed by atoms with Crippen molar-refractivity contribution in [2.75, 3.05) is 5.73 Å². The zero-order chi connectivity index (χ0) is 13.6. The Hall–Kier alpha value is -1.52. The van der Waals surface area contributed by atoms with Gasteiger partial charge in [-0.15, -0.1) is 0 Å². The summed E-state index contributed by atoms with van der Waals surface area (Å²) in [6, 6.07) is 11.6. The van der Waals surface area contributed by atoms with Gasteiger partial charge in [0.15, 0.2) is 0 Å². The lowest BCUT2D eigenvalue weighted by Crippen LogP contribution is -1.96. The molecule has 0 aliphatic heterocycles. The van der Waals surface area contributed by atoms with Crippen LogP contribution in [-0.4, -0.2) is 9.55 Å². The number of rotatable bonds is 1. The van der Waals surface area contributed by atoms with Crippen LogP contribution in [0.4, 0.5) is 5.69 Å². The molecule has 1 aromatic heterocycles. The standard InChI is InChI=1S/C14H11BrClN3/c1-8-18-13-6-9(17)2-5-14(13)19(8)10-3-4-12(16)11(15)7-10/h2-7H,17H2,1H3. The average molecular weight is 337 g/mol. The van der Waals surface area contributed by atoms with Gasteiger partial charge in [0.1, 0.15) is 5.82 Å². The fourth-order valence-corrected chi connectivity index (χ4v) is 2.65.